The number of ketones is 1. The van der Waals surface area contributed by atoms with E-state index in [1.807, 2.05) is 0 Å². The first-order valence-electron chi connectivity index (χ1n) is 15.1. The number of ether oxygens (including phenoxy) is 3. The van der Waals surface area contributed by atoms with Crippen molar-refractivity contribution in [3.63, 3.8) is 0 Å². The molecule has 3 rings (SSSR count). The van der Waals surface area contributed by atoms with E-state index in [1.54, 1.807) is 21.0 Å². The summed E-state index contributed by atoms with van der Waals surface area (Å²) in [5, 5.41) is 21.3. The molecule has 0 radical (unpaired) electrons. The average molecular weight is 554 g/mol. The second kappa shape index (κ2) is 13.9. The van der Waals surface area contributed by atoms with Gasteiger partial charge in [-0.05, 0) is 82.5 Å². The maximum atomic E-state index is 13.6. The van der Waals surface area contributed by atoms with Crippen molar-refractivity contribution in [3.05, 3.63) is 0 Å². The van der Waals surface area contributed by atoms with Crippen molar-refractivity contribution in [1.29, 1.82) is 0 Å². The Kier molecular flexibility index (Phi) is 11.4. The number of amides is 1. The minimum absolute atomic E-state index is 0.0784. The fourth-order valence-corrected chi connectivity index (χ4v) is 6.70. The Morgan fingerprint density at radius 1 is 1.05 bits per heavy atom. The predicted octanol–water partition coefficient (Wildman–Crippen LogP) is 3.62. The van der Waals surface area contributed by atoms with Crippen LogP contribution in [0.3, 0.4) is 0 Å². The number of carbonyl (C=O) groups excluding carboxylic acids is 3. The Bertz CT molecular complexity index is 851. The van der Waals surface area contributed by atoms with Crippen molar-refractivity contribution in [2.24, 2.45) is 23.7 Å². The van der Waals surface area contributed by atoms with Crippen LogP contribution in [-0.4, -0.2) is 82.7 Å². The third kappa shape index (κ3) is 7.40. The summed E-state index contributed by atoms with van der Waals surface area (Å²) in [6.07, 6.45) is 5.88. The maximum absolute atomic E-state index is 13.6. The highest BCUT2D eigenvalue weighted by atomic mass is 16.6. The Morgan fingerprint density at radius 3 is 2.44 bits per heavy atom. The molecule has 10 unspecified atom stereocenters. The third-order valence-electron chi connectivity index (χ3n) is 9.50. The summed E-state index contributed by atoms with van der Waals surface area (Å²) < 4.78 is 17.3. The normalized spacial score (nSPS) is 36.1. The van der Waals surface area contributed by atoms with Gasteiger partial charge in [0.15, 0.2) is 0 Å². The number of hydrogen-bond donors (Lipinski definition) is 2. The highest BCUT2D eigenvalue weighted by Crippen LogP contribution is 2.36. The Hall–Kier alpha value is -1.55. The lowest BCUT2D eigenvalue weighted by Crippen LogP contribution is -2.60. The van der Waals surface area contributed by atoms with Crippen LogP contribution in [0.5, 0.6) is 0 Å². The van der Waals surface area contributed by atoms with E-state index in [1.165, 1.54) is 4.90 Å². The minimum atomic E-state index is -2.18. The molecular formula is C30H51NO8. The minimum Gasteiger partial charge on any atom is -0.460 e. The maximum Gasteiger partial charge on any atom is 0.329 e. The molecule has 224 valence electrons. The summed E-state index contributed by atoms with van der Waals surface area (Å²) in [5.74, 6) is -4.50. The second-order valence-electron chi connectivity index (χ2n) is 12.5. The zero-order valence-corrected chi connectivity index (χ0v) is 24.8. The molecule has 3 fully saturated rings. The van der Waals surface area contributed by atoms with E-state index in [9.17, 15) is 24.6 Å². The van der Waals surface area contributed by atoms with Crippen LogP contribution in [0, 0.1) is 23.7 Å². The van der Waals surface area contributed by atoms with E-state index in [2.05, 4.69) is 20.8 Å². The Morgan fingerprint density at radius 2 is 1.77 bits per heavy atom. The molecule has 2 saturated heterocycles. The number of rotatable bonds is 10. The van der Waals surface area contributed by atoms with Crippen LogP contribution < -0.4 is 0 Å². The standard InChI is InChI=1S/C30H51NO8/c1-7-18(2)26(19(3)16-22-13-14-24(32)25(17-22)37-6)38-29(35)23-10-8-9-15-31(23)28(34)27(33)30(36)20(4)11-12-21(5)39-30/h18-26,32,36H,7-17H2,1-6H3. The number of nitrogens with zero attached hydrogens (tertiary/aromatic N) is 1. The first-order chi connectivity index (χ1) is 18.4. The van der Waals surface area contributed by atoms with Crippen LogP contribution in [0.2, 0.25) is 0 Å². The van der Waals surface area contributed by atoms with E-state index < -0.39 is 41.5 Å². The monoisotopic (exact) mass is 553 g/mol. The summed E-state index contributed by atoms with van der Waals surface area (Å²) in [5.41, 5.74) is 0. The third-order valence-corrected chi connectivity index (χ3v) is 9.50. The number of aliphatic hydroxyl groups is 2. The van der Waals surface area contributed by atoms with Crippen molar-refractivity contribution in [2.75, 3.05) is 13.7 Å². The largest absolute Gasteiger partial charge is 0.460 e. The molecule has 9 nitrogen and oxygen atoms in total. The second-order valence-corrected chi connectivity index (χ2v) is 12.5. The van der Waals surface area contributed by atoms with Gasteiger partial charge in [-0.3, -0.25) is 9.59 Å². The Labute approximate surface area is 233 Å². The molecule has 0 bridgehead atoms. The van der Waals surface area contributed by atoms with Crippen molar-refractivity contribution in [3.8, 4) is 0 Å². The summed E-state index contributed by atoms with van der Waals surface area (Å²) in [4.78, 5) is 41.6. The molecule has 1 aliphatic carbocycles. The summed E-state index contributed by atoms with van der Waals surface area (Å²) in [6, 6.07) is -0.864. The highest BCUT2D eigenvalue weighted by Gasteiger charge is 2.52. The fourth-order valence-electron chi connectivity index (χ4n) is 6.70. The van der Waals surface area contributed by atoms with Gasteiger partial charge in [-0.15, -0.1) is 0 Å². The molecular weight excluding hydrogens is 502 g/mol. The first-order valence-corrected chi connectivity index (χ1v) is 15.1. The molecule has 2 heterocycles. The lowest BCUT2D eigenvalue weighted by atomic mass is 9.77. The van der Waals surface area contributed by atoms with Crippen LogP contribution in [0.15, 0.2) is 0 Å². The summed E-state index contributed by atoms with van der Waals surface area (Å²) >= 11 is 0. The topological polar surface area (TPSA) is 123 Å². The van der Waals surface area contributed by atoms with Crippen LogP contribution in [0.25, 0.3) is 0 Å². The molecule has 1 saturated carbocycles. The number of aliphatic hydroxyl groups excluding tert-OH is 1. The van der Waals surface area contributed by atoms with E-state index in [-0.39, 0.29) is 36.7 Å². The number of carbonyl (C=O) groups is 3. The molecule has 0 aromatic rings. The predicted molar refractivity (Wildman–Crippen MR) is 146 cm³/mol. The zero-order valence-electron chi connectivity index (χ0n) is 24.8. The molecule has 39 heavy (non-hydrogen) atoms. The lowest BCUT2D eigenvalue weighted by molar-refractivity contribution is -0.259. The van der Waals surface area contributed by atoms with E-state index in [0.29, 0.717) is 38.0 Å². The van der Waals surface area contributed by atoms with Gasteiger partial charge in [-0.2, -0.15) is 0 Å². The van der Waals surface area contributed by atoms with Crippen molar-refractivity contribution in [2.45, 2.75) is 135 Å². The van der Waals surface area contributed by atoms with Crippen LogP contribution in [0.4, 0.5) is 0 Å². The number of esters is 1. The number of Topliss-reactive ketones (excluding diaryl/α,β-unsaturated/α-hetero) is 1. The van der Waals surface area contributed by atoms with Crippen LogP contribution >= 0.6 is 0 Å². The number of methoxy groups -OCH3 is 1. The van der Waals surface area contributed by atoms with Gasteiger partial charge in [0.2, 0.25) is 5.79 Å². The number of likely N-dealkylation sites (tertiary alicyclic amines) is 1. The molecule has 1 amide bonds. The summed E-state index contributed by atoms with van der Waals surface area (Å²) in [6.45, 7) is 9.98. The van der Waals surface area contributed by atoms with Gasteiger partial charge in [-0.1, -0.05) is 34.1 Å². The zero-order chi connectivity index (χ0) is 28.9. The van der Waals surface area contributed by atoms with Gasteiger partial charge in [0.05, 0.1) is 18.3 Å². The van der Waals surface area contributed by atoms with Gasteiger partial charge in [-0.25, -0.2) is 4.79 Å². The number of piperidine rings is 1. The van der Waals surface area contributed by atoms with Gasteiger partial charge in [0.1, 0.15) is 12.1 Å². The van der Waals surface area contributed by atoms with Crippen LogP contribution in [-0.2, 0) is 28.6 Å². The quantitative estimate of drug-likeness (QED) is 0.311. The SMILES string of the molecule is CCC(C)C(OC(=O)C1CCCCN1C(=O)C(=O)C1(O)OC(C)CCC1C)C(C)CC1CCC(O)C(OC)C1. The summed E-state index contributed by atoms with van der Waals surface area (Å²) in [7, 11) is 1.63. The molecule has 3 aliphatic rings. The molecule has 2 aliphatic heterocycles. The van der Waals surface area contributed by atoms with Crippen molar-refractivity contribution < 1.29 is 38.8 Å². The molecule has 9 heteroatoms. The fraction of sp³-hybridized carbons (Fsp3) is 0.900. The molecule has 0 spiro atoms. The average Bonchev–Trinajstić information content (AvgIpc) is 2.93. The van der Waals surface area contributed by atoms with Crippen molar-refractivity contribution >= 4 is 17.7 Å². The Balaban J connectivity index is 1.71. The highest BCUT2D eigenvalue weighted by molar-refractivity contribution is 6.39. The molecule has 2 N–H and O–H groups in total. The first kappa shape index (κ1) is 32.0. The molecule has 0 aromatic carbocycles. The molecule has 10 atom stereocenters. The van der Waals surface area contributed by atoms with Crippen molar-refractivity contribution in [1.82, 2.24) is 4.90 Å². The molecule has 0 aromatic heterocycles. The van der Waals surface area contributed by atoms with Gasteiger partial charge in [0.25, 0.3) is 11.7 Å². The smallest absolute Gasteiger partial charge is 0.329 e. The van der Waals surface area contributed by atoms with E-state index >= 15 is 0 Å². The van der Waals surface area contributed by atoms with E-state index in [4.69, 9.17) is 14.2 Å². The van der Waals surface area contributed by atoms with Gasteiger partial charge < -0.3 is 29.3 Å². The van der Waals surface area contributed by atoms with Gasteiger partial charge in [0, 0.05) is 19.6 Å². The van der Waals surface area contributed by atoms with Gasteiger partial charge >= 0.3 is 5.97 Å². The lowest BCUT2D eigenvalue weighted by Gasteiger charge is -2.41. The van der Waals surface area contributed by atoms with E-state index in [0.717, 1.165) is 32.1 Å². The number of hydrogen-bond acceptors (Lipinski definition) is 8. The van der Waals surface area contributed by atoms with Crippen LogP contribution in [0.1, 0.15) is 98.8 Å².